The van der Waals surface area contributed by atoms with Crippen molar-refractivity contribution < 1.29 is 23.9 Å². The van der Waals surface area contributed by atoms with Gasteiger partial charge in [0.25, 0.3) is 0 Å². The number of ether oxygens (including phenoxy) is 2. The molecule has 0 unspecified atom stereocenters. The van der Waals surface area contributed by atoms with Crippen LogP contribution >= 0.6 is 0 Å². The molecular formula is C19H25NO5. The summed E-state index contributed by atoms with van der Waals surface area (Å²) in [5.74, 6) is -1.62. The average molecular weight is 347 g/mol. The second-order valence-corrected chi connectivity index (χ2v) is 6.08. The molecule has 1 N–H and O–H groups in total. The van der Waals surface area contributed by atoms with Gasteiger partial charge in [-0.05, 0) is 19.4 Å². The minimum atomic E-state index is -0.680. The zero-order chi connectivity index (χ0) is 18.8. The highest BCUT2D eigenvalue weighted by Crippen LogP contribution is 2.14. The van der Waals surface area contributed by atoms with Crippen LogP contribution in [0.2, 0.25) is 0 Å². The van der Waals surface area contributed by atoms with E-state index < -0.39 is 18.0 Å². The number of amides is 1. The lowest BCUT2D eigenvalue weighted by atomic mass is 10.1. The molecule has 0 saturated carbocycles. The van der Waals surface area contributed by atoms with E-state index >= 15 is 0 Å². The Hall–Kier alpha value is -2.63. The van der Waals surface area contributed by atoms with Crippen molar-refractivity contribution in [2.75, 3.05) is 6.61 Å². The number of hydrogen-bond donors (Lipinski definition) is 1. The van der Waals surface area contributed by atoms with Crippen LogP contribution in [0.4, 0.5) is 0 Å². The Labute approximate surface area is 148 Å². The van der Waals surface area contributed by atoms with Gasteiger partial charge in [-0.25, -0.2) is 9.59 Å². The Morgan fingerprint density at radius 3 is 2.16 bits per heavy atom. The van der Waals surface area contributed by atoms with E-state index in [-0.39, 0.29) is 24.5 Å². The van der Waals surface area contributed by atoms with Crippen LogP contribution < -0.4 is 5.32 Å². The summed E-state index contributed by atoms with van der Waals surface area (Å²) in [6, 6.07) is 8.77. The fraction of sp³-hybridized carbons (Fsp3) is 0.421. The topological polar surface area (TPSA) is 81.7 Å². The normalized spacial score (nSPS) is 12.2. The van der Waals surface area contributed by atoms with Gasteiger partial charge >= 0.3 is 11.9 Å². The number of nitrogens with one attached hydrogen (secondary N) is 1. The van der Waals surface area contributed by atoms with E-state index in [1.54, 1.807) is 27.7 Å². The predicted molar refractivity (Wildman–Crippen MR) is 93.5 cm³/mol. The van der Waals surface area contributed by atoms with Crippen LogP contribution in [0.25, 0.3) is 0 Å². The predicted octanol–water partition coefficient (Wildman–Crippen LogP) is 2.55. The summed E-state index contributed by atoms with van der Waals surface area (Å²) < 4.78 is 10.0. The number of carbonyl (C=O) groups is 3. The lowest BCUT2D eigenvalue weighted by Crippen LogP contribution is -2.34. The molecule has 1 atom stereocenters. The van der Waals surface area contributed by atoms with Gasteiger partial charge in [0.1, 0.15) is 6.61 Å². The molecule has 6 nitrogen and oxygen atoms in total. The van der Waals surface area contributed by atoms with Crippen LogP contribution in [0.1, 0.15) is 39.3 Å². The van der Waals surface area contributed by atoms with Crippen molar-refractivity contribution in [3.63, 3.8) is 0 Å². The monoisotopic (exact) mass is 347 g/mol. The van der Waals surface area contributed by atoms with Crippen LogP contribution in [0.15, 0.2) is 42.5 Å². The minimum absolute atomic E-state index is 0.0368. The van der Waals surface area contributed by atoms with E-state index in [0.29, 0.717) is 0 Å². The third-order valence-electron chi connectivity index (χ3n) is 3.14. The molecule has 25 heavy (non-hydrogen) atoms. The molecule has 0 spiro atoms. The van der Waals surface area contributed by atoms with Crippen LogP contribution in [-0.4, -0.2) is 30.6 Å². The molecule has 1 aromatic carbocycles. The molecule has 136 valence electrons. The van der Waals surface area contributed by atoms with Gasteiger partial charge in [0.05, 0.1) is 12.1 Å². The summed E-state index contributed by atoms with van der Waals surface area (Å²) in [6.45, 7) is 6.96. The molecule has 1 amide bonds. The largest absolute Gasteiger partial charge is 0.460 e. The van der Waals surface area contributed by atoms with Crippen molar-refractivity contribution in [1.82, 2.24) is 5.32 Å². The van der Waals surface area contributed by atoms with Crippen LogP contribution in [0.3, 0.4) is 0 Å². The first-order chi connectivity index (χ1) is 11.8. The first kappa shape index (κ1) is 20.4. The maximum absolute atomic E-state index is 12.0. The van der Waals surface area contributed by atoms with E-state index in [4.69, 9.17) is 9.47 Å². The fourth-order valence-corrected chi connectivity index (χ4v) is 1.87. The highest BCUT2D eigenvalue weighted by atomic mass is 16.5. The molecule has 0 aromatic heterocycles. The van der Waals surface area contributed by atoms with Crippen molar-refractivity contribution in [3.8, 4) is 0 Å². The zero-order valence-electron chi connectivity index (χ0n) is 15.0. The zero-order valence-corrected chi connectivity index (χ0v) is 15.0. The molecule has 1 rings (SSSR count). The third-order valence-corrected chi connectivity index (χ3v) is 3.14. The molecule has 0 bridgehead atoms. The van der Waals surface area contributed by atoms with Gasteiger partial charge in [-0.2, -0.15) is 0 Å². The summed E-state index contributed by atoms with van der Waals surface area (Å²) in [5, 5.41) is 2.85. The smallest absolute Gasteiger partial charge is 0.331 e. The molecule has 0 radical (unpaired) electrons. The second kappa shape index (κ2) is 10.3. The van der Waals surface area contributed by atoms with E-state index in [2.05, 4.69) is 5.32 Å². The van der Waals surface area contributed by atoms with Crippen molar-refractivity contribution in [2.24, 2.45) is 5.92 Å². The second-order valence-electron chi connectivity index (χ2n) is 6.08. The molecule has 0 aliphatic rings. The SMILES string of the molecule is CC(C)OC(=O)/C=C/C(=O)OC[C@@H](NC(=O)C(C)C)c1ccccc1. The maximum atomic E-state index is 12.0. The van der Waals surface area contributed by atoms with Gasteiger partial charge in [-0.3, -0.25) is 4.79 Å². The van der Waals surface area contributed by atoms with E-state index in [9.17, 15) is 14.4 Å². The Morgan fingerprint density at radius 1 is 1.00 bits per heavy atom. The van der Waals surface area contributed by atoms with Gasteiger partial charge in [0.2, 0.25) is 5.91 Å². The highest BCUT2D eigenvalue weighted by molar-refractivity contribution is 5.91. The highest BCUT2D eigenvalue weighted by Gasteiger charge is 2.18. The quantitative estimate of drug-likeness (QED) is 0.577. The van der Waals surface area contributed by atoms with Gasteiger partial charge in [0, 0.05) is 18.1 Å². The summed E-state index contributed by atoms with van der Waals surface area (Å²) in [4.78, 5) is 35.1. The summed E-state index contributed by atoms with van der Waals surface area (Å²) in [6.07, 6.45) is 1.77. The van der Waals surface area contributed by atoms with Crippen LogP contribution in [0, 0.1) is 5.92 Å². The van der Waals surface area contributed by atoms with E-state index in [0.717, 1.165) is 17.7 Å². The molecular weight excluding hydrogens is 322 g/mol. The summed E-state index contributed by atoms with van der Waals surface area (Å²) in [5.41, 5.74) is 0.826. The Kier molecular flexibility index (Phi) is 8.39. The lowest BCUT2D eigenvalue weighted by Gasteiger charge is -2.20. The summed E-state index contributed by atoms with van der Waals surface area (Å²) >= 11 is 0. The first-order valence-electron chi connectivity index (χ1n) is 8.20. The molecule has 0 aliphatic heterocycles. The van der Waals surface area contributed by atoms with Crippen molar-refractivity contribution in [3.05, 3.63) is 48.0 Å². The molecule has 0 aliphatic carbocycles. The van der Waals surface area contributed by atoms with E-state index in [1.165, 1.54) is 0 Å². The first-order valence-corrected chi connectivity index (χ1v) is 8.20. The van der Waals surface area contributed by atoms with Crippen molar-refractivity contribution >= 4 is 17.8 Å². The maximum Gasteiger partial charge on any atom is 0.331 e. The fourth-order valence-electron chi connectivity index (χ4n) is 1.87. The summed E-state index contributed by atoms with van der Waals surface area (Å²) in [7, 11) is 0. The Bertz CT molecular complexity index is 608. The number of benzene rings is 1. The lowest BCUT2D eigenvalue weighted by molar-refractivity contribution is -0.143. The average Bonchev–Trinajstić information content (AvgIpc) is 2.56. The van der Waals surface area contributed by atoms with Crippen LogP contribution in [0.5, 0.6) is 0 Å². The molecule has 0 saturated heterocycles. The van der Waals surface area contributed by atoms with Gasteiger partial charge in [0.15, 0.2) is 0 Å². The standard InChI is InChI=1S/C19H25NO5/c1-13(2)19(23)20-16(15-8-6-5-7-9-15)12-24-17(21)10-11-18(22)25-14(3)4/h5-11,13-14,16H,12H2,1-4H3,(H,20,23)/b11-10+/t16-/m1/s1. The minimum Gasteiger partial charge on any atom is -0.460 e. The molecule has 0 fully saturated rings. The Morgan fingerprint density at radius 2 is 1.60 bits per heavy atom. The van der Waals surface area contributed by atoms with Gasteiger partial charge < -0.3 is 14.8 Å². The van der Waals surface area contributed by atoms with Gasteiger partial charge in [-0.1, -0.05) is 44.2 Å². The number of hydrogen-bond acceptors (Lipinski definition) is 5. The number of esters is 2. The third kappa shape index (κ3) is 8.15. The molecule has 6 heteroatoms. The van der Waals surface area contributed by atoms with E-state index in [1.807, 2.05) is 30.3 Å². The number of carbonyl (C=O) groups excluding carboxylic acids is 3. The van der Waals surface area contributed by atoms with Gasteiger partial charge in [-0.15, -0.1) is 0 Å². The number of rotatable bonds is 8. The molecule has 0 heterocycles. The van der Waals surface area contributed by atoms with Crippen LogP contribution in [-0.2, 0) is 23.9 Å². The Balaban J connectivity index is 2.66. The van der Waals surface area contributed by atoms with Crippen molar-refractivity contribution in [1.29, 1.82) is 0 Å². The van der Waals surface area contributed by atoms with Crippen molar-refractivity contribution in [2.45, 2.75) is 39.8 Å². The molecule has 1 aromatic rings.